The fraction of sp³-hybridized carbons (Fsp3) is 0.350. The van der Waals surface area contributed by atoms with Gasteiger partial charge in [0.2, 0.25) is 0 Å². The minimum absolute atomic E-state index is 0.0239. The molecule has 0 saturated carbocycles. The van der Waals surface area contributed by atoms with E-state index in [0.717, 1.165) is 29.8 Å². The van der Waals surface area contributed by atoms with Gasteiger partial charge < -0.3 is 0 Å². The average Bonchev–Trinajstić information content (AvgIpc) is 2.72. The van der Waals surface area contributed by atoms with E-state index >= 15 is 0 Å². The molecule has 0 aliphatic carbocycles. The molecule has 0 unspecified atom stereocenters. The van der Waals surface area contributed by atoms with Crippen molar-refractivity contribution >= 4 is 41.9 Å². The predicted octanol–water partition coefficient (Wildman–Crippen LogP) is 4.74. The monoisotopic (exact) mass is 586 g/mol. The van der Waals surface area contributed by atoms with E-state index in [4.69, 9.17) is 9.47 Å². The Morgan fingerprint density at radius 3 is 2.41 bits per heavy atom. The van der Waals surface area contributed by atoms with Crippen molar-refractivity contribution in [2.24, 2.45) is 0 Å². The van der Waals surface area contributed by atoms with Gasteiger partial charge in [-0.2, -0.15) is 0 Å². The van der Waals surface area contributed by atoms with Crippen molar-refractivity contribution in [2.75, 3.05) is 22.9 Å². The zero-order valence-electron chi connectivity index (χ0n) is 17.3. The maximum atomic E-state index is 13.0. The zero-order valence-corrected chi connectivity index (χ0v) is 20.2. The Balaban J connectivity index is 1.88. The molecule has 7 nitrogen and oxygen atoms in total. The second kappa shape index (κ2) is 9.73. The number of carbonyl (C=O) groups is 1. The van der Waals surface area contributed by atoms with E-state index in [1.165, 1.54) is 13.2 Å². The molecule has 1 amide bonds. The van der Waals surface area contributed by atoms with Crippen LogP contribution in [0.3, 0.4) is 0 Å². The van der Waals surface area contributed by atoms with E-state index in [-0.39, 0.29) is 17.2 Å². The molecule has 176 valence electrons. The van der Waals surface area contributed by atoms with Gasteiger partial charge in [0.15, 0.2) is 0 Å². The first-order valence-corrected chi connectivity index (χ1v) is 15.1. The van der Waals surface area contributed by atoms with Crippen LogP contribution < -0.4 is 13.0 Å². The van der Waals surface area contributed by atoms with E-state index < -0.39 is 47.9 Å². The summed E-state index contributed by atoms with van der Waals surface area (Å²) in [5.41, 5.74) is 0.461. The number of halogens is 4. The van der Waals surface area contributed by atoms with Crippen LogP contribution in [0.2, 0.25) is 0 Å². The zero-order chi connectivity index (χ0) is 23.5. The van der Waals surface area contributed by atoms with E-state index in [0.29, 0.717) is 26.6 Å². The van der Waals surface area contributed by atoms with Crippen LogP contribution in [0.1, 0.15) is 23.6 Å². The molecule has 0 radical (unpaired) electrons. The van der Waals surface area contributed by atoms with E-state index in [1.807, 2.05) is 0 Å². The normalized spacial score (nSPS) is 15.0. The summed E-state index contributed by atoms with van der Waals surface area (Å²) >= 11 is -1.98. The molecule has 0 fully saturated rings. The van der Waals surface area contributed by atoms with Gasteiger partial charge in [-0.3, -0.25) is 0 Å². The molecule has 0 aromatic heterocycles. The summed E-state index contributed by atoms with van der Waals surface area (Å²) in [5.74, 6) is 0.529. The number of ether oxygens (including phenoxy) is 2. The topological polar surface area (TPSA) is 93.7 Å². The third-order valence-corrected chi connectivity index (χ3v) is 10.9. The first-order valence-electron chi connectivity index (χ1n) is 9.49. The van der Waals surface area contributed by atoms with Crippen LogP contribution >= 0.6 is 20.1 Å². The van der Waals surface area contributed by atoms with Crippen LogP contribution in [0.15, 0.2) is 41.3 Å². The summed E-state index contributed by atoms with van der Waals surface area (Å²) in [7, 11) is -2.58. The SMILES string of the molecule is CCOC(=O)NI1CCc2c(S(=O)(=O)Nc3ccc(C(F)(F)F)cc3)ccc(OC)c2C1. The third kappa shape index (κ3) is 5.57. The van der Waals surface area contributed by atoms with Crippen LogP contribution in [0.4, 0.5) is 23.7 Å². The number of hydrogen-bond donors (Lipinski definition) is 2. The van der Waals surface area contributed by atoms with Crippen molar-refractivity contribution < 1.29 is 35.9 Å². The molecule has 2 aromatic rings. The van der Waals surface area contributed by atoms with Crippen LogP contribution in [-0.2, 0) is 31.8 Å². The van der Waals surface area contributed by atoms with Crippen molar-refractivity contribution in [3.05, 3.63) is 53.1 Å². The second-order valence-corrected chi connectivity index (χ2v) is 13.4. The number of nitrogens with one attached hydrogen (secondary N) is 2. The number of alkyl halides is 5. The van der Waals surface area contributed by atoms with E-state index in [1.54, 1.807) is 13.0 Å². The van der Waals surface area contributed by atoms with Gasteiger partial charge >= 0.3 is 192 Å². The number of anilines is 1. The summed E-state index contributed by atoms with van der Waals surface area (Å²) in [6.45, 7) is 1.97. The Labute approximate surface area is 191 Å². The fourth-order valence-electron chi connectivity index (χ4n) is 3.24. The number of amides is 1. The summed E-state index contributed by atoms with van der Waals surface area (Å²) in [5, 5.41) is 0. The van der Waals surface area contributed by atoms with Gasteiger partial charge in [-0.25, -0.2) is 0 Å². The molecule has 1 aliphatic rings. The number of rotatable bonds is 6. The Morgan fingerprint density at radius 1 is 1.12 bits per heavy atom. The van der Waals surface area contributed by atoms with Crippen molar-refractivity contribution in [1.29, 1.82) is 0 Å². The number of sulfonamides is 1. The number of hydrogen-bond acceptors (Lipinski definition) is 5. The molecule has 2 aromatic carbocycles. The molecule has 3 rings (SSSR count). The van der Waals surface area contributed by atoms with Gasteiger partial charge in [-0.15, -0.1) is 0 Å². The second-order valence-electron chi connectivity index (χ2n) is 6.75. The van der Waals surface area contributed by atoms with E-state index in [2.05, 4.69) is 8.25 Å². The fourth-order valence-corrected chi connectivity index (χ4v) is 9.16. The Morgan fingerprint density at radius 2 is 1.81 bits per heavy atom. The Hall–Kier alpha value is -2.22. The van der Waals surface area contributed by atoms with Gasteiger partial charge in [0, 0.05) is 0 Å². The van der Waals surface area contributed by atoms with Gasteiger partial charge in [-0.1, -0.05) is 0 Å². The standard InChI is InChI=1S/C20H22F3IN2O5S/c1-3-31-19(27)25-24-11-10-15-16(12-24)17(30-2)8-9-18(15)32(28,29)26-14-6-4-13(5-7-14)20(21,22)23/h4-9,26H,3,10-12H2,1-2H3,(H,25,27). The van der Waals surface area contributed by atoms with Crippen LogP contribution in [0, 0.1) is 0 Å². The number of methoxy groups -OCH3 is 1. The Kier molecular flexibility index (Phi) is 7.43. The Bertz CT molecular complexity index is 1090. The molecule has 0 spiro atoms. The number of carbonyl (C=O) groups excluding carboxylic acids is 1. The molecule has 0 bridgehead atoms. The van der Waals surface area contributed by atoms with E-state index in [9.17, 15) is 26.4 Å². The number of benzene rings is 2. The van der Waals surface area contributed by atoms with Gasteiger partial charge in [-0.05, 0) is 0 Å². The summed E-state index contributed by atoms with van der Waals surface area (Å²) in [6, 6.07) is 6.75. The first-order chi connectivity index (χ1) is 15.0. The van der Waals surface area contributed by atoms with Gasteiger partial charge in [0.1, 0.15) is 0 Å². The summed E-state index contributed by atoms with van der Waals surface area (Å²) in [6.07, 6.45) is -4.56. The van der Waals surface area contributed by atoms with Crippen molar-refractivity contribution in [3.8, 4) is 5.75 Å². The maximum absolute atomic E-state index is 13.0. The van der Waals surface area contributed by atoms with Crippen molar-refractivity contribution in [3.63, 3.8) is 0 Å². The molecule has 0 saturated heterocycles. The minimum atomic E-state index is -4.51. The third-order valence-electron chi connectivity index (χ3n) is 4.67. The molecule has 2 N–H and O–H groups in total. The van der Waals surface area contributed by atoms with Crippen LogP contribution in [0.25, 0.3) is 0 Å². The first kappa shape index (κ1) is 24.4. The predicted molar refractivity (Wildman–Crippen MR) is 122 cm³/mol. The van der Waals surface area contributed by atoms with Gasteiger partial charge in [0.05, 0.1) is 0 Å². The van der Waals surface area contributed by atoms with Crippen molar-refractivity contribution in [2.45, 2.75) is 28.8 Å². The quantitative estimate of drug-likeness (QED) is 0.290. The molecular formula is C20H22F3IN2O5S. The molecule has 32 heavy (non-hydrogen) atoms. The van der Waals surface area contributed by atoms with Crippen molar-refractivity contribution in [1.82, 2.24) is 3.53 Å². The molecule has 0 atom stereocenters. The molecular weight excluding hydrogens is 564 g/mol. The molecule has 12 heteroatoms. The summed E-state index contributed by atoms with van der Waals surface area (Å²) in [4.78, 5) is 11.8. The van der Waals surface area contributed by atoms with Crippen LogP contribution in [-0.4, -0.2) is 32.7 Å². The average molecular weight is 586 g/mol. The number of fused-ring (bicyclic) bond motifs is 1. The molecule has 1 heterocycles. The summed E-state index contributed by atoms with van der Waals surface area (Å²) < 4.78 is 81.1. The van der Waals surface area contributed by atoms with Crippen LogP contribution in [0.5, 0.6) is 5.75 Å². The van der Waals surface area contributed by atoms with Gasteiger partial charge in [0.25, 0.3) is 0 Å². The molecule has 1 aliphatic heterocycles.